The Morgan fingerprint density at radius 2 is 1.81 bits per heavy atom. The second kappa shape index (κ2) is 8.17. The normalized spacial score (nSPS) is 10.9. The molecule has 0 saturated heterocycles. The van der Waals surface area contributed by atoms with Crippen molar-refractivity contribution in [3.05, 3.63) is 64.1 Å². The van der Waals surface area contributed by atoms with Crippen molar-refractivity contribution in [2.45, 2.75) is 13.1 Å². The molecule has 0 aromatic heterocycles. The van der Waals surface area contributed by atoms with Gasteiger partial charge in [-0.2, -0.15) is 0 Å². The maximum atomic E-state index is 5.75. The number of benzene rings is 2. The van der Waals surface area contributed by atoms with Crippen LogP contribution in [0, 0.1) is 0 Å². The van der Waals surface area contributed by atoms with Crippen LogP contribution < -0.4 is 10.5 Å². The third-order valence-electron chi connectivity index (χ3n) is 3.30. The third kappa shape index (κ3) is 5.16. The summed E-state index contributed by atoms with van der Waals surface area (Å²) in [5.41, 5.74) is 7.98. The molecule has 0 aliphatic rings. The van der Waals surface area contributed by atoms with E-state index in [1.165, 1.54) is 5.56 Å². The molecule has 4 heteroatoms. The number of halogens is 1. The molecule has 2 aromatic rings. The highest BCUT2D eigenvalue weighted by atomic mass is 79.9. The van der Waals surface area contributed by atoms with E-state index in [9.17, 15) is 0 Å². The van der Waals surface area contributed by atoms with Crippen LogP contribution in [0.1, 0.15) is 11.1 Å². The molecular formula is C17H21BrN2O. The fourth-order valence-electron chi connectivity index (χ4n) is 2.04. The van der Waals surface area contributed by atoms with Crippen LogP contribution in [0.4, 0.5) is 0 Å². The number of hydrogen-bond donors (Lipinski definition) is 1. The molecule has 2 rings (SSSR count). The maximum absolute atomic E-state index is 5.75. The van der Waals surface area contributed by atoms with Gasteiger partial charge in [0.25, 0.3) is 0 Å². The molecule has 0 heterocycles. The second-order valence-electron chi connectivity index (χ2n) is 5.03. The summed E-state index contributed by atoms with van der Waals surface area (Å²) in [6.45, 7) is 3.01. The van der Waals surface area contributed by atoms with Crippen LogP contribution in [-0.2, 0) is 13.1 Å². The van der Waals surface area contributed by atoms with Gasteiger partial charge in [-0.25, -0.2) is 0 Å². The van der Waals surface area contributed by atoms with E-state index < -0.39 is 0 Å². The van der Waals surface area contributed by atoms with E-state index in [4.69, 9.17) is 10.5 Å². The number of nitrogens with zero attached hydrogens (tertiary/aromatic N) is 1. The first-order valence-electron chi connectivity index (χ1n) is 7.03. The monoisotopic (exact) mass is 348 g/mol. The topological polar surface area (TPSA) is 38.5 Å². The highest BCUT2D eigenvalue weighted by Gasteiger charge is 2.04. The van der Waals surface area contributed by atoms with E-state index in [0.29, 0.717) is 13.2 Å². The number of likely N-dealkylation sites (N-methyl/N-ethyl adjacent to an activating group) is 1. The Bertz CT molecular complexity index is 557. The van der Waals surface area contributed by atoms with Crippen molar-refractivity contribution < 1.29 is 4.74 Å². The van der Waals surface area contributed by atoms with Crippen LogP contribution in [0.2, 0.25) is 0 Å². The fourth-order valence-corrected chi connectivity index (χ4v) is 2.45. The van der Waals surface area contributed by atoms with Gasteiger partial charge in [-0.05, 0) is 36.4 Å². The number of hydrogen-bond acceptors (Lipinski definition) is 3. The van der Waals surface area contributed by atoms with E-state index in [1.807, 2.05) is 30.3 Å². The molecule has 0 atom stereocenters. The first kappa shape index (κ1) is 16.0. The average Bonchev–Trinajstić information content (AvgIpc) is 2.50. The van der Waals surface area contributed by atoms with E-state index in [0.717, 1.165) is 28.9 Å². The van der Waals surface area contributed by atoms with Gasteiger partial charge in [-0.1, -0.05) is 46.3 Å². The van der Waals surface area contributed by atoms with Crippen LogP contribution in [0.5, 0.6) is 5.75 Å². The Kier molecular flexibility index (Phi) is 6.23. The molecule has 0 unspecified atom stereocenters. The van der Waals surface area contributed by atoms with Crippen molar-refractivity contribution in [1.82, 2.24) is 4.90 Å². The molecule has 0 aliphatic heterocycles. The van der Waals surface area contributed by atoms with Gasteiger partial charge in [-0.15, -0.1) is 0 Å². The third-order valence-corrected chi connectivity index (χ3v) is 4.07. The average molecular weight is 349 g/mol. The minimum atomic E-state index is 0.564. The lowest BCUT2D eigenvalue weighted by molar-refractivity contribution is 0.232. The SMILES string of the molecule is CN(CCOc1ccc(CN)cc1)Cc1ccccc1Br. The molecule has 0 radical (unpaired) electrons. The largest absolute Gasteiger partial charge is 0.492 e. The quantitative estimate of drug-likeness (QED) is 0.833. The molecule has 3 nitrogen and oxygen atoms in total. The Morgan fingerprint density at radius 1 is 1.10 bits per heavy atom. The fraction of sp³-hybridized carbons (Fsp3) is 0.294. The van der Waals surface area contributed by atoms with Crippen molar-refractivity contribution in [3.8, 4) is 5.75 Å². The smallest absolute Gasteiger partial charge is 0.119 e. The van der Waals surface area contributed by atoms with Crippen molar-refractivity contribution in [1.29, 1.82) is 0 Å². The second-order valence-corrected chi connectivity index (χ2v) is 5.88. The molecular weight excluding hydrogens is 328 g/mol. The summed E-state index contributed by atoms with van der Waals surface area (Å²) in [6.07, 6.45) is 0. The lowest BCUT2D eigenvalue weighted by Crippen LogP contribution is -2.24. The lowest BCUT2D eigenvalue weighted by atomic mass is 10.2. The van der Waals surface area contributed by atoms with E-state index in [-0.39, 0.29) is 0 Å². The van der Waals surface area contributed by atoms with Crippen molar-refractivity contribution >= 4 is 15.9 Å². The minimum Gasteiger partial charge on any atom is -0.492 e. The summed E-state index contributed by atoms with van der Waals surface area (Å²) in [6, 6.07) is 16.2. The molecule has 112 valence electrons. The zero-order chi connectivity index (χ0) is 15.1. The lowest BCUT2D eigenvalue weighted by Gasteiger charge is -2.18. The van der Waals surface area contributed by atoms with Gasteiger partial charge < -0.3 is 10.5 Å². The standard InChI is InChI=1S/C17H21BrN2O/c1-20(13-15-4-2-3-5-17(15)18)10-11-21-16-8-6-14(12-19)7-9-16/h2-9H,10-13,19H2,1H3. The van der Waals surface area contributed by atoms with Crippen LogP contribution in [0.25, 0.3) is 0 Å². The number of ether oxygens (including phenoxy) is 1. The molecule has 0 bridgehead atoms. The molecule has 0 amide bonds. The van der Waals surface area contributed by atoms with Crippen LogP contribution in [-0.4, -0.2) is 25.1 Å². The van der Waals surface area contributed by atoms with Gasteiger partial charge in [0.05, 0.1) is 0 Å². The van der Waals surface area contributed by atoms with Gasteiger partial charge in [0.1, 0.15) is 12.4 Å². The predicted molar refractivity (Wildman–Crippen MR) is 90.3 cm³/mol. The summed E-state index contributed by atoms with van der Waals surface area (Å²) in [5.74, 6) is 0.890. The Hall–Kier alpha value is -1.36. The summed E-state index contributed by atoms with van der Waals surface area (Å²) in [5, 5.41) is 0. The minimum absolute atomic E-state index is 0.564. The van der Waals surface area contributed by atoms with Crippen molar-refractivity contribution in [2.24, 2.45) is 5.73 Å². The summed E-state index contributed by atoms with van der Waals surface area (Å²) >= 11 is 3.58. The molecule has 0 spiro atoms. The highest BCUT2D eigenvalue weighted by molar-refractivity contribution is 9.10. The van der Waals surface area contributed by atoms with Gasteiger partial charge in [-0.3, -0.25) is 4.90 Å². The van der Waals surface area contributed by atoms with E-state index in [1.54, 1.807) is 0 Å². The molecule has 2 N–H and O–H groups in total. The summed E-state index contributed by atoms with van der Waals surface area (Å²) in [4.78, 5) is 2.24. The first-order valence-corrected chi connectivity index (χ1v) is 7.82. The molecule has 21 heavy (non-hydrogen) atoms. The van der Waals surface area contributed by atoms with Crippen LogP contribution in [0.15, 0.2) is 53.0 Å². The number of nitrogens with two attached hydrogens (primary N) is 1. The first-order chi connectivity index (χ1) is 10.2. The zero-order valence-corrected chi connectivity index (χ0v) is 13.8. The Balaban J connectivity index is 1.76. The van der Waals surface area contributed by atoms with Crippen LogP contribution in [0.3, 0.4) is 0 Å². The highest BCUT2D eigenvalue weighted by Crippen LogP contribution is 2.17. The molecule has 0 fully saturated rings. The van der Waals surface area contributed by atoms with Gasteiger partial charge in [0, 0.05) is 24.1 Å². The number of rotatable bonds is 7. The maximum Gasteiger partial charge on any atom is 0.119 e. The summed E-state index contributed by atoms with van der Waals surface area (Å²) < 4.78 is 6.90. The van der Waals surface area contributed by atoms with Gasteiger partial charge in [0.15, 0.2) is 0 Å². The molecule has 2 aromatic carbocycles. The predicted octanol–water partition coefficient (Wildman–Crippen LogP) is 3.42. The molecule has 0 saturated carbocycles. The van der Waals surface area contributed by atoms with E-state index >= 15 is 0 Å². The summed E-state index contributed by atoms with van der Waals surface area (Å²) in [7, 11) is 2.10. The van der Waals surface area contributed by atoms with Crippen LogP contribution >= 0.6 is 15.9 Å². The van der Waals surface area contributed by atoms with Crippen molar-refractivity contribution in [3.63, 3.8) is 0 Å². The van der Waals surface area contributed by atoms with E-state index in [2.05, 4.69) is 46.1 Å². The van der Waals surface area contributed by atoms with Gasteiger partial charge >= 0.3 is 0 Å². The van der Waals surface area contributed by atoms with Gasteiger partial charge in [0.2, 0.25) is 0 Å². The Morgan fingerprint density at radius 3 is 2.48 bits per heavy atom. The zero-order valence-electron chi connectivity index (χ0n) is 12.3. The molecule has 0 aliphatic carbocycles. The van der Waals surface area contributed by atoms with Crippen molar-refractivity contribution in [2.75, 3.05) is 20.2 Å². The Labute approximate surface area is 134 Å².